The van der Waals surface area contributed by atoms with Crippen LogP contribution in [-0.2, 0) is 0 Å². The van der Waals surface area contributed by atoms with Gasteiger partial charge in [0.15, 0.2) is 0 Å². The molecule has 2 fully saturated rings. The second-order valence-electron chi connectivity index (χ2n) is 6.40. The minimum Gasteiger partial charge on any atom is -0.320 e. The first-order valence-corrected chi connectivity index (χ1v) is 7.27. The second-order valence-corrected chi connectivity index (χ2v) is 6.40. The summed E-state index contributed by atoms with van der Waals surface area (Å²) in [6, 6.07) is 0. The molecule has 0 amide bonds. The Hall–Kier alpha value is -0.0800. The van der Waals surface area contributed by atoms with Crippen LogP contribution in [0, 0.1) is 17.8 Å². The zero-order valence-corrected chi connectivity index (χ0v) is 11.0. The summed E-state index contributed by atoms with van der Waals surface area (Å²) < 4.78 is 0. The van der Waals surface area contributed by atoms with Crippen LogP contribution in [0.3, 0.4) is 0 Å². The maximum Gasteiger partial charge on any atom is 0.141 e. The molecule has 0 spiro atoms. The fourth-order valence-electron chi connectivity index (χ4n) is 3.75. The van der Waals surface area contributed by atoms with Crippen molar-refractivity contribution in [3.8, 4) is 0 Å². The summed E-state index contributed by atoms with van der Waals surface area (Å²) in [4.78, 5) is 1.69. The number of nitrogens with two attached hydrogens (primary N) is 1. The Kier molecular flexibility index (Phi) is 4.26. The summed E-state index contributed by atoms with van der Waals surface area (Å²) in [6.07, 6.45) is 8.93. The average Bonchev–Trinajstić information content (AvgIpc) is 2.25. The highest BCUT2D eigenvalue weighted by molar-refractivity contribution is 4.71. The molecule has 0 bridgehead atoms. The standard InChI is InChI=1S/C14H28N2/c1-11-5-3-7-13(9-11)10-16-8-4-6-12(2)14(16)15/h11-14H,3-10,15H2,1-2H3/p+1. The van der Waals surface area contributed by atoms with Gasteiger partial charge < -0.3 is 4.90 Å². The van der Waals surface area contributed by atoms with E-state index in [0.29, 0.717) is 6.17 Å². The van der Waals surface area contributed by atoms with Crippen LogP contribution in [0.25, 0.3) is 0 Å². The predicted octanol–water partition coefficient (Wildman–Crippen LogP) is 1.41. The van der Waals surface area contributed by atoms with Gasteiger partial charge in [0.1, 0.15) is 6.17 Å². The molecular weight excluding hydrogens is 196 g/mol. The van der Waals surface area contributed by atoms with Gasteiger partial charge in [-0.15, -0.1) is 0 Å². The topological polar surface area (TPSA) is 30.5 Å². The molecule has 0 aromatic carbocycles. The van der Waals surface area contributed by atoms with Crippen LogP contribution in [-0.4, -0.2) is 19.3 Å². The Labute approximate surface area is 101 Å². The number of nitrogens with one attached hydrogen (secondary N) is 1. The van der Waals surface area contributed by atoms with Crippen LogP contribution in [0.2, 0.25) is 0 Å². The Balaban J connectivity index is 1.83. The smallest absolute Gasteiger partial charge is 0.141 e. The minimum atomic E-state index is 0.408. The number of piperidine rings is 1. The van der Waals surface area contributed by atoms with E-state index in [4.69, 9.17) is 5.73 Å². The van der Waals surface area contributed by atoms with Gasteiger partial charge in [0.2, 0.25) is 0 Å². The Morgan fingerprint density at radius 3 is 2.69 bits per heavy atom. The third-order valence-corrected chi connectivity index (χ3v) is 4.84. The molecule has 5 atom stereocenters. The highest BCUT2D eigenvalue weighted by atomic mass is 15.2. The largest absolute Gasteiger partial charge is 0.320 e. The molecule has 2 nitrogen and oxygen atoms in total. The summed E-state index contributed by atoms with van der Waals surface area (Å²) in [6.45, 7) is 7.40. The molecule has 16 heavy (non-hydrogen) atoms. The summed E-state index contributed by atoms with van der Waals surface area (Å²) in [5.74, 6) is 2.64. The average molecular weight is 225 g/mol. The van der Waals surface area contributed by atoms with Gasteiger partial charge >= 0.3 is 0 Å². The summed E-state index contributed by atoms with van der Waals surface area (Å²) in [5.41, 5.74) is 6.34. The van der Waals surface area contributed by atoms with Gasteiger partial charge in [0.25, 0.3) is 0 Å². The lowest BCUT2D eigenvalue weighted by Gasteiger charge is -2.37. The first-order chi connectivity index (χ1) is 7.66. The van der Waals surface area contributed by atoms with Gasteiger partial charge in [-0.25, -0.2) is 0 Å². The van der Waals surface area contributed by atoms with Crippen molar-refractivity contribution in [2.24, 2.45) is 23.5 Å². The van der Waals surface area contributed by atoms with Gasteiger partial charge in [-0.1, -0.05) is 26.7 Å². The van der Waals surface area contributed by atoms with E-state index in [9.17, 15) is 0 Å². The van der Waals surface area contributed by atoms with Gasteiger partial charge in [-0.3, -0.25) is 5.73 Å². The van der Waals surface area contributed by atoms with E-state index in [1.54, 1.807) is 4.90 Å². The lowest BCUT2D eigenvalue weighted by molar-refractivity contribution is -0.937. The van der Waals surface area contributed by atoms with Crippen molar-refractivity contribution in [1.82, 2.24) is 0 Å². The molecule has 94 valence electrons. The van der Waals surface area contributed by atoms with Crippen molar-refractivity contribution in [2.45, 2.75) is 58.5 Å². The van der Waals surface area contributed by atoms with E-state index in [1.165, 1.54) is 51.6 Å². The molecule has 2 rings (SSSR count). The number of hydrogen-bond donors (Lipinski definition) is 2. The lowest BCUT2D eigenvalue weighted by Crippen LogP contribution is -3.19. The van der Waals surface area contributed by atoms with Gasteiger partial charge in [0, 0.05) is 11.8 Å². The maximum absolute atomic E-state index is 6.34. The van der Waals surface area contributed by atoms with E-state index in [2.05, 4.69) is 13.8 Å². The molecule has 1 heterocycles. The zero-order chi connectivity index (χ0) is 11.5. The van der Waals surface area contributed by atoms with Crippen LogP contribution >= 0.6 is 0 Å². The lowest BCUT2D eigenvalue weighted by atomic mass is 9.81. The third-order valence-electron chi connectivity index (χ3n) is 4.84. The van der Waals surface area contributed by atoms with Crippen LogP contribution in [0.5, 0.6) is 0 Å². The van der Waals surface area contributed by atoms with E-state index < -0.39 is 0 Å². The van der Waals surface area contributed by atoms with E-state index in [0.717, 1.165) is 17.8 Å². The van der Waals surface area contributed by atoms with Gasteiger partial charge in [0.05, 0.1) is 13.1 Å². The SMILES string of the molecule is CC1CCCC(C[NH+]2CCCC(C)C2N)C1. The van der Waals surface area contributed by atoms with Crippen LogP contribution in [0.15, 0.2) is 0 Å². The quantitative estimate of drug-likeness (QED) is 0.731. The van der Waals surface area contributed by atoms with E-state index in [-0.39, 0.29) is 0 Å². The monoisotopic (exact) mass is 225 g/mol. The van der Waals surface area contributed by atoms with Crippen molar-refractivity contribution >= 4 is 0 Å². The fraction of sp³-hybridized carbons (Fsp3) is 1.00. The molecule has 2 aliphatic rings. The number of rotatable bonds is 2. The Morgan fingerprint density at radius 2 is 1.94 bits per heavy atom. The van der Waals surface area contributed by atoms with Crippen molar-refractivity contribution in [2.75, 3.05) is 13.1 Å². The maximum atomic E-state index is 6.34. The molecular formula is C14H29N2+. The molecule has 0 aromatic rings. The van der Waals surface area contributed by atoms with Gasteiger partial charge in [-0.2, -0.15) is 0 Å². The first kappa shape index (κ1) is 12.4. The zero-order valence-electron chi connectivity index (χ0n) is 11.0. The van der Waals surface area contributed by atoms with E-state index >= 15 is 0 Å². The normalized spacial score (nSPS) is 45.6. The summed E-state index contributed by atoms with van der Waals surface area (Å²) in [7, 11) is 0. The first-order valence-electron chi connectivity index (χ1n) is 7.27. The molecule has 1 aliphatic heterocycles. The van der Waals surface area contributed by atoms with Crippen molar-refractivity contribution in [1.29, 1.82) is 0 Å². The Bertz CT molecular complexity index is 217. The number of quaternary nitrogens is 1. The molecule has 3 N–H and O–H groups in total. The number of hydrogen-bond acceptors (Lipinski definition) is 1. The molecule has 2 heteroatoms. The fourth-order valence-corrected chi connectivity index (χ4v) is 3.75. The predicted molar refractivity (Wildman–Crippen MR) is 68.2 cm³/mol. The van der Waals surface area contributed by atoms with E-state index in [1.807, 2.05) is 0 Å². The molecule has 0 radical (unpaired) electrons. The highest BCUT2D eigenvalue weighted by Crippen LogP contribution is 2.27. The van der Waals surface area contributed by atoms with Crippen molar-refractivity contribution < 1.29 is 4.90 Å². The summed E-state index contributed by atoms with van der Waals surface area (Å²) >= 11 is 0. The Morgan fingerprint density at radius 1 is 1.12 bits per heavy atom. The molecule has 1 saturated carbocycles. The van der Waals surface area contributed by atoms with Crippen LogP contribution < -0.4 is 10.6 Å². The number of likely N-dealkylation sites (tertiary alicyclic amines) is 1. The summed E-state index contributed by atoms with van der Waals surface area (Å²) in [5, 5.41) is 0. The second kappa shape index (κ2) is 5.50. The molecule has 5 unspecified atom stereocenters. The van der Waals surface area contributed by atoms with Crippen LogP contribution in [0.4, 0.5) is 0 Å². The van der Waals surface area contributed by atoms with Crippen molar-refractivity contribution in [3.05, 3.63) is 0 Å². The third kappa shape index (κ3) is 2.98. The minimum absolute atomic E-state index is 0.408. The highest BCUT2D eigenvalue weighted by Gasteiger charge is 2.31. The molecule has 1 aliphatic carbocycles. The molecule has 1 saturated heterocycles. The van der Waals surface area contributed by atoms with Crippen LogP contribution in [0.1, 0.15) is 52.4 Å². The van der Waals surface area contributed by atoms with Crippen molar-refractivity contribution in [3.63, 3.8) is 0 Å². The van der Waals surface area contributed by atoms with Gasteiger partial charge in [-0.05, 0) is 31.6 Å². The molecule has 0 aromatic heterocycles.